The van der Waals surface area contributed by atoms with Crippen LogP contribution < -0.4 is 0 Å². The van der Waals surface area contributed by atoms with E-state index in [0.717, 1.165) is 16.7 Å². The van der Waals surface area contributed by atoms with E-state index in [1.807, 2.05) is 31.2 Å². The summed E-state index contributed by atoms with van der Waals surface area (Å²) >= 11 is 0. The highest BCUT2D eigenvalue weighted by molar-refractivity contribution is 5.44. The monoisotopic (exact) mass is 276 g/mol. The summed E-state index contributed by atoms with van der Waals surface area (Å²) in [6.45, 7) is 6.28. The molecule has 1 aliphatic rings. The molecule has 0 spiro atoms. The number of allylic oxidation sites excluding steroid dienone is 1. The Bertz CT molecular complexity index is 517. The molecule has 0 bridgehead atoms. The molecular weight excluding hydrogens is 252 g/mol. The van der Waals surface area contributed by atoms with Crippen molar-refractivity contribution in [2.24, 2.45) is 5.92 Å². The third-order valence-electron chi connectivity index (χ3n) is 4.64. The zero-order chi connectivity index (χ0) is 14.9. The molecular formula is C17H24O3. The second-order valence-corrected chi connectivity index (χ2v) is 5.66. The van der Waals surface area contributed by atoms with E-state index in [1.165, 1.54) is 5.57 Å². The van der Waals surface area contributed by atoms with Crippen molar-refractivity contribution >= 4 is 0 Å². The molecule has 1 aromatic rings. The SMILES string of the molecule is COC(OC)c1ccccc1C1(O)CC(C)C(C)=C1C. The van der Waals surface area contributed by atoms with Crippen LogP contribution in [0, 0.1) is 5.92 Å². The van der Waals surface area contributed by atoms with E-state index in [9.17, 15) is 5.11 Å². The molecule has 0 aliphatic heterocycles. The molecule has 0 heterocycles. The van der Waals surface area contributed by atoms with Crippen molar-refractivity contribution in [3.05, 3.63) is 46.5 Å². The summed E-state index contributed by atoms with van der Waals surface area (Å²) in [5, 5.41) is 11.2. The molecule has 0 aromatic heterocycles. The summed E-state index contributed by atoms with van der Waals surface area (Å²) < 4.78 is 10.7. The molecule has 0 saturated carbocycles. The third-order valence-corrected chi connectivity index (χ3v) is 4.64. The Morgan fingerprint density at radius 2 is 1.80 bits per heavy atom. The van der Waals surface area contributed by atoms with Crippen molar-refractivity contribution < 1.29 is 14.6 Å². The van der Waals surface area contributed by atoms with Crippen molar-refractivity contribution in [2.75, 3.05) is 14.2 Å². The van der Waals surface area contributed by atoms with Crippen LogP contribution in [0.1, 0.15) is 44.6 Å². The van der Waals surface area contributed by atoms with E-state index in [2.05, 4.69) is 13.8 Å². The van der Waals surface area contributed by atoms with E-state index in [4.69, 9.17) is 9.47 Å². The molecule has 2 rings (SSSR count). The van der Waals surface area contributed by atoms with Crippen LogP contribution in [0.4, 0.5) is 0 Å². The number of ether oxygens (including phenoxy) is 2. The lowest BCUT2D eigenvalue weighted by Gasteiger charge is -2.30. The number of aliphatic hydroxyl groups is 1. The Labute approximate surface area is 121 Å². The molecule has 20 heavy (non-hydrogen) atoms. The maximum absolute atomic E-state index is 11.2. The van der Waals surface area contributed by atoms with Crippen molar-refractivity contribution in [1.82, 2.24) is 0 Å². The van der Waals surface area contributed by atoms with Crippen LogP contribution in [0.5, 0.6) is 0 Å². The van der Waals surface area contributed by atoms with Gasteiger partial charge in [0.15, 0.2) is 6.29 Å². The van der Waals surface area contributed by atoms with Gasteiger partial charge in [0.1, 0.15) is 5.60 Å². The fourth-order valence-corrected chi connectivity index (χ4v) is 3.19. The fourth-order valence-electron chi connectivity index (χ4n) is 3.19. The molecule has 3 nitrogen and oxygen atoms in total. The molecule has 0 amide bonds. The first-order valence-electron chi connectivity index (χ1n) is 7.01. The van der Waals surface area contributed by atoms with Crippen LogP contribution in [0.2, 0.25) is 0 Å². The highest BCUT2D eigenvalue weighted by atomic mass is 16.7. The summed E-state index contributed by atoms with van der Waals surface area (Å²) in [5.41, 5.74) is 3.17. The minimum Gasteiger partial charge on any atom is -0.381 e. The second-order valence-electron chi connectivity index (χ2n) is 5.66. The van der Waals surface area contributed by atoms with Gasteiger partial charge in [0.2, 0.25) is 0 Å². The van der Waals surface area contributed by atoms with E-state index in [1.54, 1.807) is 14.2 Å². The zero-order valence-electron chi connectivity index (χ0n) is 12.9. The summed E-state index contributed by atoms with van der Waals surface area (Å²) in [7, 11) is 3.22. The van der Waals surface area contributed by atoms with Crippen LogP contribution in [-0.4, -0.2) is 19.3 Å². The molecule has 0 radical (unpaired) electrons. The molecule has 2 atom stereocenters. The molecule has 0 fully saturated rings. The quantitative estimate of drug-likeness (QED) is 0.675. The van der Waals surface area contributed by atoms with Gasteiger partial charge in [0, 0.05) is 19.8 Å². The Balaban J connectivity index is 2.54. The van der Waals surface area contributed by atoms with Gasteiger partial charge in [0.25, 0.3) is 0 Å². The Morgan fingerprint density at radius 1 is 1.20 bits per heavy atom. The predicted molar refractivity (Wildman–Crippen MR) is 79.3 cm³/mol. The smallest absolute Gasteiger partial charge is 0.183 e. The van der Waals surface area contributed by atoms with Crippen molar-refractivity contribution in [3.8, 4) is 0 Å². The average Bonchev–Trinajstić information content (AvgIpc) is 2.65. The normalized spacial score (nSPS) is 26.6. The first-order valence-corrected chi connectivity index (χ1v) is 7.01. The average molecular weight is 276 g/mol. The van der Waals surface area contributed by atoms with Gasteiger partial charge in [-0.2, -0.15) is 0 Å². The summed E-state index contributed by atoms with van der Waals surface area (Å²) in [6.07, 6.45) is 0.251. The van der Waals surface area contributed by atoms with E-state index < -0.39 is 11.9 Å². The van der Waals surface area contributed by atoms with Crippen LogP contribution >= 0.6 is 0 Å². The van der Waals surface area contributed by atoms with Crippen LogP contribution in [0.3, 0.4) is 0 Å². The number of methoxy groups -OCH3 is 2. The van der Waals surface area contributed by atoms with Crippen LogP contribution in [0.15, 0.2) is 35.4 Å². The van der Waals surface area contributed by atoms with Gasteiger partial charge in [-0.25, -0.2) is 0 Å². The molecule has 1 N–H and O–H groups in total. The van der Waals surface area contributed by atoms with Crippen molar-refractivity contribution in [3.63, 3.8) is 0 Å². The Morgan fingerprint density at radius 3 is 2.30 bits per heavy atom. The molecule has 0 saturated heterocycles. The predicted octanol–water partition coefficient (Wildman–Crippen LogP) is 3.54. The topological polar surface area (TPSA) is 38.7 Å². The van der Waals surface area contributed by atoms with Crippen molar-refractivity contribution in [1.29, 1.82) is 0 Å². The fraction of sp³-hybridized carbons (Fsp3) is 0.529. The van der Waals surface area contributed by atoms with Gasteiger partial charge >= 0.3 is 0 Å². The van der Waals surface area contributed by atoms with Gasteiger partial charge < -0.3 is 14.6 Å². The summed E-state index contributed by atoms with van der Waals surface area (Å²) in [5.74, 6) is 0.386. The highest BCUT2D eigenvalue weighted by Gasteiger charge is 2.42. The molecule has 3 heteroatoms. The number of benzene rings is 1. The lowest BCUT2D eigenvalue weighted by Crippen LogP contribution is -2.27. The maximum Gasteiger partial charge on any atom is 0.183 e. The third kappa shape index (κ3) is 2.30. The van der Waals surface area contributed by atoms with Crippen LogP contribution in [0.25, 0.3) is 0 Å². The Hall–Kier alpha value is -1.16. The molecule has 1 aliphatic carbocycles. The van der Waals surface area contributed by atoms with Gasteiger partial charge in [-0.05, 0) is 37.3 Å². The molecule has 1 aromatic carbocycles. The first kappa shape index (κ1) is 15.2. The van der Waals surface area contributed by atoms with Crippen molar-refractivity contribution in [2.45, 2.75) is 39.1 Å². The van der Waals surface area contributed by atoms with Gasteiger partial charge in [0.05, 0.1) is 0 Å². The number of hydrogen-bond donors (Lipinski definition) is 1. The van der Waals surface area contributed by atoms with Crippen LogP contribution in [-0.2, 0) is 15.1 Å². The lowest BCUT2D eigenvalue weighted by atomic mass is 9.83. The standard InChI is InChI=1S/C17H24O3/c1-11-10-17(18,13(3)12(11)2)15-9-7-6-8-14(15)16(19-4)20-5/h6-9,11,16,18H,10H2,1-5H3. The minimum atomic E-state index is -0.921. The lowest BCUT2D eigenvalue weighted by molar-refractivity contribution is -0.108. The van der Waals surface area contributed by atoms with Gasteiger partial charge in [-0.3, -0.25) is 0 Å². The van der Waals surface area contributed by atoms with Gasteiger partial charge in [-0.1, -0.05) is 36.8 Å². The first-order chi connectivity index (χ1) is 9.45. The highest BCUT2D eigenvalue weighted by Crippen LogP contribution is 2.47. The Kier molecular flexibility index (Phi) is 4.33. The van der Waals surface area contributed by atoms with E-state index in [-0.39, 0.29) is 0 Å². The largest absolute Gasteiger partial charge is 0.381 e. The minimum absolute atomic E-state index is 0.386. The number of hydrogen-bond acceptors (Lipinski definition) is 3. The van der Waals surface area contributed by atoms with E-state index >= 15 is 0 Å². The zero-order valence-corrected chi connectivity index (χ0v) is 12.9. The summed E-state index contributed by atoms with van der Waals surface area (Å²) in [4.78, 5) is 0. The second kappa shape index (κ2) is 5.68. The van der Waals surface area contributed by atoms with E-state index in [0.29, 0.717) is 12.3 Å². The summed E-state index contributed by atoms with van der Waals surface area (Å²) in [6, 6.07) is 7.81. The molecule has 110 valence electrons. The van der Waals surface area contributed by atoms with Gasteiger partial charge in [-0.15, -0.1) is 0 Å². The number of rotatable bonds is 4. The molecule has 2 unspecified atom stereocenters. The maximum atomic E-state index is 11.2.